The molecule has 0 saturated carbocycles. The molecule has 4 rings (SSSR count). The second-order valence-electron chi connectivity index (χ2n) is 6.18. The number of aromatic hydroxyl groups is 1. The summed E-state index contributed by atoms with van der Waals surface area (Å²) in [5.41, 5.74) is 4.04. The third kappa shape index (κ3) is 3.59. The second-order valence-corrected chi connectivity index (χ2v) is 7.86. The van der Waals surface area contributed by atoms with Crippen LogP contribution in [0, 0.1) is 3.95 Å². The van der Waals surface area contributed by atoms with Gasteiger partial charge in [-0.05, 0) is 48.5 Å². The van der Waals surface area contributed by atoms with Crippen molar-refractivity contribution in [2.24, 2.45) is 4.99 Å². The number of aromatic nitrogens is 1. The van der Waals surface area contributed by atoms with Gasteiger partial charge in [0, 0.05) is 23.9 Å². The van der Waals surface area contributed by atoms with Crippen LogP contribution in [0.4, 0.5) is 5.69 Å². The van der Waals surface area contributed by atoms with E-state index in [0.717, 1.165) is 33.9 Å². The molecule has 136 valence electrons. The van der Waals surface area contributed by atoms with Gasteiger partial charge in [0.25, 0.3) is 0 Å². The van der Waals surface area contributed by atoms with Gasteiger partial charge < -0.3 is 9.84 Å². The average molecular weight is 395 g/mol. The number of allylic oxidation sites excluding steroid dienone is 1. The van der Waals surface area contributed by atoms with Crippen molar-refractivity contribution in [1.82, 2.24) is 4.57 Å². The standard InChI is InChI=1S/C21H18N2O2S2/c1-25-16-7-8-18-17(12-16)15(13-22-18)11-19-20(24)23(21(26)27-19)10-9-14-5-3-2-4-6-14/h2-8,11-13,24H,9-10H2,1H3. The SMILES string of the molecule is COc1ccc2c(c1)C(=Cc1sc(=S)n(CCc3ccccc3)c1O)C=N2. The first-order valence-electron chi connectivity index (χ1n) is 8.56. The van der Waals surface area contributed by atoms with E-state index in [0.29, 0.717) is 10.5 Å². The van der Waals surface area contributed by atoms with Crippen molar-refractivity contribution in [3.8, 4) is 11.6 Å². The van der Waals surface area contributed by atoms with Gasteiger partial charge in [0.1, 0.15) is 5.75 Å². The van der Waals surface area contributed by atoms with E-state index in [4.69, 9.17) is 17.0 Å². The predicted octanol–water partition coefficient (Wildman–Crippen LogP) is 5.49. The summed E-state index contributed by atoms with van der Waals surface area (Å²) < 4.78 is 7.76. The summed E-state index contributed by atoms with van der Waals surface area (Å²) in [7, 11) is 1.64. The van der Waals surface area contributed by atoms with E-state index in [2.05, 4.69) is 17.1 Å². The van der Waals surface area contributed by atoms with E-state index in [1.807, 2.05) is 42.5 Å². The zero-order valence-corrected chi connectivity index (χ0v) is 16.4. The van der Waals surface area contributed by atoms with E-state index in [1.54, 1.807) is 17.9 Å². The summed E-state index contributed by atoms with van der Waals surface area (Å²) >= 11 is 6.88. The fourth-order valence-electron chi connectivity index (χ4n) is 3.04. The third-order valence-electron chi connectivity index (χ3n) is 4.50. The number of thiazole rings is 1. The lowest BCUT2D eigenvalue weighted by Gasteiger charge is -2.05. The number of aryl methyl sites for hydroxylation is 1. The summed E-state index contributed by atoms with van der Waals surface area (Å²) in [5, 5.41) is 10.7. The Morgan fingerprint density at radius 2 is 2.04 bits per heavy atom. The molecule has 0 atom stereocenters. The monoisotopic (exact) mass is 394 g/mol. The van der Waals surface area contributed by atoms with Crippen LogP contribution in [0.2, 0.25) is 0 Å². The number of hydrogen-bond donors (Lipinski definition) is 1. The molecule has 0 radical (unpaired) electrons. The van der Waals surface area contributed by atoms with Crippen LogP contribution in [0.25, 0.3) is 11.6 Å². The van der Waals surface area contributed by atoms with Crippen molar-refractivity contribution in [3.05, 3.63) is 68.5 Å². The minimum absolute atomic E-state index is 0.207. The van der Waals surface area contributed by atoms with E-state index in [9.17, 15) is 5.11 Å². The van der Waals surface area contributed by atoms with Crippen LogP contribution in [0.15, 0.2) is 53.5 Å². The Morgan fingerprint density at radius 3 is 2.81 bits per heavy atom. The van der Waals surface area contributed by atoms with Gasteiger partial charge in [-0.2, -0.15) is 0 Å². The molecule has 2 heterocycles. The number of rotatable bonds is 5. The van der Waals surface area contributed by atoms with Crippen LogP contribution >= 0.6 is 23.6 Å². The smallest absolute Gasteiger partial charge is 0.210 e. The molecule has 3 aromatic rings. The number of ether oxygens (including phenoxy) is 1. The summed E-state index contributed by atoms with van der Waals surface area (Å²) in [5.74, 6) is 0.987. The lowest BCUT2D eigenvalue weighted by molar-refractivity contribution is 0.414. The second kappa shape index (κ2) is 7.50. The molecule has 1 aromatic heterocycles. The van der Waals surface area contributed by atoms with Crippen LogP contribution < -0.4 is 4.74 Å². The molecule has 0 unspecified atom stereocenters. The fourth-order valence-corrected chi connectivity index (χ4v) is 4.35. The third-order valence-corrected chi connectivity index (χ3v) is 5.89. The Kier molecular flexibility index (Phi) is 4.92. The van der Waals surface area contributed by atoms with Crippen LogP contribution in [0.1, 0.15) is 16.0 Å². The summed E-state index contributed by atoms with van der Waals surface area (Å²) in [4.78, 5) is 5.17. The Morgan fingerprint density at radius 1 is 1.22 bits per heavy atom. The maximum atomic E-state index is 10.7. The fraction of sp³-hybridized carbons (Fsp3) is 0.143. The van der Waals surface area contributed by atoms with E-state index >= 15 is 0 Å². The lowest BCUT2D eigenvalue weighted by Crippen LogP contribution is -2.00. The van der Waals surface area contributed by atoms with Gasteiger partial charge in [-0.1, -0.05) is 30.3 Å². The molecule has 0 bridgehead atoms. The molecular formula is C21H18N2O2S2. The lowest BCUT2D eigenvalue weighted by atomic mass is 10.1. The number of benzene rings is 2. The molecule has 0 aliphatic carbocycles. The molecule has 0 saturated heterocycles. The molecule has 0 fully saturated rings. The normalized spacial score (nSPS) is 13.9. The number of hydrogen-bond acceptors (Lipinski definition) is 5. The number of methoxy groups -OCH3 is 1. The molecule has 0 spiro atoms. The summed E-state index contributed by atoms with van der Waals surface area (Å²) in [6.45, 7) is 0.646. The zero-order valence-electron chi connectivity index (χ0n) is 14.8. The van der Waals surface area contributed by atoms with E-state index in [1.165, 1.54) is 16.9 Å². The summed E-state index contributed by atoms with van der Waals surface area (Å²) in [6.07, 6.45) is 4.56. The Hall–Kier alpha value is -2.70. The van der Waals surface area contributed by atoms with Gasteiger partial charge >= 0.3 is 0 Å². The van der Waals surface area contributed by atoms with Crippen LogP contribution in [0.5, 0.6) is 11.6 Å². The average Bonchev–Trinajstić information content (AvgIpc) is 3.21. The van der Waals surface area contributed by atoms with Gasteiger partial charge in [0.05, 0.1) is 17.7 Å². The highest BCUT2D eigenvalue weighted by Crippen LogP contribution is 2.37. The van der Waals surface area contributed by atoms with E-state index < -0.39 is 0 Å². The van der Waals surface area contributed by atoms with Gasteiger partial charge in [-0.3, -0.25) is 9.56 Å². The molecule has 4 nitrogen and oxygen atoms in total. The molecule has 1 N–H and O–H groups in total. The quantitative estimate of drug-likeness (QED) is 0.582. The molecule has 27 heavy (non-hydrogen) atoms. The van der Waals surface area contributed by atoms with Crippen LogP contribution in [-0.2, 0) is 13.0 Å². The van der Waals surface area contributed by atoms with Crippen molar-refractivity contribution in [3.63, 3.8) is 0 Å². The van der Waals surface area contributed by atoms with Gasteiger partial charge in [-0.15, -0.1) is 11.3 Å². The molecule has 1 aliphatic rings. The highest BCUT2D eigenvalue weighted by atomic mass is 32.1. The maximum absolute atomic E-state index is 10.7. The van der Waals surface area contributed by atoms with Crippen LogP contribution in [-0.4, -0.2) is 23.0 Å². The topological polar surface area (TPSA) is 46.8 Å². The van der Waals surface area contributed by atoms with Gasteiger partial charge in [0.2, 0.25) is 5.88 Å². The first-order valence-corrected chi connectivity index (χ1v) is 9.79. The first kappa shape index (κ1) is 17.7. The first-order chi connectivity index (χ1) is 13.2. The number of nitrogens with zero attached hydrogens (tertiary/aromatic N) is 2. The highest BCUT2D eigenvalue weighted by molar-refractivity contribution is 7.73. The van der Waals surface area contributed by atoms with Crippen molar-refractivity contribution >= 4 is 47.1 Å². The Bertz CT molecular complexity index is 1100. The predicted molar refractivity (Wildman–Crippen MR) is 114 cm³/mol. The van der Waals surface area contributed by atoms with Gasteiger partial charge in [-0.25, -0.2) is 0 Å². The van der Waals surface area contributed by atoms with Crippen molar-refractivity contribution in [1.29, 1.82) is 0 Å². The van der Waals surface area contributed by atoms with Gasteiger partial charge in [0.15, 0.2) is 3.95 Å². The minimum atomic E-state index is 0.207. The molecule has 0 amide bonds. The number of fused-ring (bicyclic) bond motifs is 1. The minimum Gasteiger partial charge on any atom is -0.497 e. The molecule has 1 aliphatic heterocycles. The van der Waals surface area contributed by atoms with Crippen molar-refractivity contribution in [2.75, 3.05) is 7.11 Å². The maximum Gasteiger partial charge on any atom is 0.210 e. The Balaban J connectivity index is 1.62. The molecular weight excluding hydrogens is 376 g/mol. The number of aliphatic imine (C=N–C) groups is 1. The largest absolute Gasteiger partial charge is 0.497 e. The highest BCUT2D eigenvalue weighted by Gasteiger charge is 2.16. The van der Waals surface area contributed by atoms with E-state index in [-0.39, 0.29) is 5.88 Å². The van der Waals surface area contributed by atoms with Crippen molar-refractivity contribution in [2.45, 2.75) is 13.0 Å². The van der Waals surface area contributed by atoms with Crippen LogP contribution in [0.3, 0.4) is 0 Å². The summed E-state index contributed by atoms with van der Waals surface area (Å²) in [6, 6.07) is 16.0. The molecule has 2 aromatic carbocycles. The zero-order chi connectivity index (χ0) is 18.8. The Labute approximate surface area is 166 Å². The molecule has 6 heteroatoms. The van der Waals surface area contributed by atoms with Crippen molar-refractivity contribution < 1.29 is 9.84 Å².